The van der Waals surface area contributed by atoms with Crippen LogP contribution in [0.4, 0.5) is 5.69 Å². The van der Waals surface area contributed by atoms with E-state index in [0.717, 1.165) is 55.8 Å². The molecule has 0 aliphatic carbocycles. The van der Waals surface area contributed by atoms with Gasteiger partial charge in [-0.25, -0.2) is 0 Å². The number of benzene rings is 2. The molecular weight excluding hydrogens is 362 g/mol. The molecule has 5 nitrogen and oxygen atoms in total. The van der Waals surface area contributed by atoms with Crippen LogP contribution in [0.2, 0.25) is 0 Å². The van der Waals surface area contributed by atoms with Crippen molar-refractivity contribution in [1.29, 1.82) is 0 Å². The molecule has 0 radical (unpaired) electrons. The molecule has 2 saturated heterocycles. The third kappa shape index (κ3) is 3.86. The Bertz CT molecular complexity index is 945. The van der Waals surface area contributed by atoms with Crippen LogP contribution < -0.4 is 10.2 Å². The number of piperazine rings is 1. The van der Waals surface area contributed by atoms with Crippen molar-refractivity contribution in [2.24, 2.45) is 0 Å². The summed E-state index contributed by atoms with van der Waals surface area (Å²) in [6.07, 6.45) is 0.825. The second kappa shape index (κ2) is 7.90. The summed E-state index contributed by atoms with van der Waals surface area (Å²) in [6, 6.07) is 12.4. The van der Waals surface area contributed by atoms with Gasteiger partial charge in [-0.05, 0) is 56.0 Å². The monoisotopic (exact) mass is 391 g/mol. The van der Waals surface area contributed by atoms with Gasteiger partial charge in [0.05, 0.1) is 5.92 Å². The minimum Gasteiger partial charge on any atom is -0.368 e. The molecule has 2 aliphatic rings. The van der Waals surface area contributed by atoms with Gasteiger partial charge in [0.1, 0.15) is 0 Å². The summed E-state index contributed by atoms with van der Waals surface area (Å²) < 4.78 is 0. The van der Waals surface area contributed by atoms with Gasteiger partial charge in [0, 0.05) is 44.0 Å². The Labute approximate surface area is 172 Å². The highest BCUT2D eigenvalue weighted by atomic mass is 16.2. The minimum atomic E-state index is -0.0841. The number of amides is 2. The topological polar surface area (TPSA) is 52.6 Å². The molecule has 2 heterocycles. The molecule has 2 fully saturated rings. The van der Waals surface area contributed by atoms with Gasteiger partial charge in [-0.2, -0.15) is 0 Å². The van der Waals surface area contributed by atoms with Crippen molar-refractivity contribution in [2.75, 3.05) is 37.6 Å². The van der Waals surface area contributed by atoms with Crippen LogP contribution in [0, 0.1) is 20.8 Å². The lowest BCUT2D eigenvalue weighted by molar-refractivity contribution is -0.120. The molecule has 5 heteroatoms. The van der Waals surface area contributed by atoms with E-state index in [4.69, 9.17) is 0 Å². The average Bonchev–Trinajstić information content (AvgIpc) is 3.13. The number of nitrogens with one attached hydrogen (secondary N) is 1. The molecular formula is C24H29N3O2. The van der Waals surface area contributed by atoms with Crippen molar-refractivity contribution in [3.05, 3.63) is 64.2 Å². The zero-order valence-electron chi connectivity index (χ0n) is 17.5. The largest absolute Gasteiger partial charge is 0.368 e. The fourth-order valence-corrected chi connectivity index (χ4v) is 4.54. The van der Waals surface area contributed by atoms with Crippen molar-refractivity contribution in [3.63, 3.8) is 0 Å². The predicted molar refractivity (Wildman–Crippen MR) is 116 cm³/mol. The second-order valence-corrected chi connectivity index (χ2v) is 8.28. The quantitative estimate of drug-likeness (QED) is 0.874. The summed E-state index contributed by atoms with van der Waals surface area (Å²) in [5, 5.41) is 2.88. The van der Waals surface area contributed by atoms with Gasteiger partial charge in [-0.1, -0.05) is 29.8 Å². The molecule has 2 aromatic rings. The molecule has 2 amide bonds. The van der Waals surface area contributed by atoms with Gasteiger partial charge >= 0.3 is 0 Å². The molecule has 2 aliphatic heterocycles. The van der Waals surface area contributed by atoms with Gasteiger partial charge in [-0.3, -0.25) is 9.59 Å². The van der Waals surface area contributed by atoms with Crippen molar-refractivity contribution >= 4 is 17.5 Å². The van der Waals surface area contributed by atoms with Crippen LogP contribution in [-0.2, 0) is 4.79 Å². The maximum atomic E-state index is 13.1. The number of anilines is 1. The molecule has 1 N–H and O–H groups in total. The maximum Gasteiger partial charge on any atom is 0.254 e. The van der Waals surface area contributed by atoms with E-state index in [-0.39, 0.29) is 17.7 Å². The molecule has 29 heavy (non-hydrogen) atoms. The Morgan fingerprint density at radius 2 is 1.72 bits per heavy atom. The molecule has 0 spiro atoms. The highest BCUT2D eigenvalue weighted by Crippen LogP contribution is 2.27. The van der Waals surface area contributed by atoms with Crippen LogP contribution in [0.3, 0.4) is 0 Å². The first kappa shape index (κ1) is 19.5. The Morgan fingerprint density at radius 3 is 2.34 bits per heavy atom. The lowest BCUT2D eigenvalue weighted by Crippen LogP contribution is -2.49. The van der Waals surface area contributed by atoms with Crippen LogP contribution in [0.25, 0.3) is 0 Å². The number of carbonyl (C=O) groups is 2. The molecule has 0 saturated carbocycles. The molecule has 0 aromatic heterocycles. The first-order chi connectivity index (χ1) is 13.9. The van der Waals surface area contributed by atoms with Gasteiger partial charge in [0.2, 0.25) is 5.91 Å². The van der Waals surface area contributed by atoms with Crippen LogP contribution in [-0.4, -0.2) is 49.4 Å². The van der Waals surface area contributed by atoms with E-state index in [1.165, 1.54) is 16.8 Å². The molecule has 2 aromatic carbocycles. The maximum absolute atomic E-state index is 13.1. The summed E-state index contributed by atoms with van der Waals surface area (Å²) in [5.41, 5.74) is 6.52. The summed E-state index contributed by atoms with van der Waals surface area (Å²) in [7, 11) is 0. The number of rotatable bonds is 3. The highest BCUT2D eigenvalue weighted by Gasteiger charge is 2.28. The Hall–Kier alpha value is -2.82. The normalized spacial score (nSPS) is 19.4. The van der Waals surface area contributed by atoms with Crippen LogP contribution in [0.15, 0.2) is 36.4 Å². The lowest BCUT2D eigenvalue weighted by atomic mass is 9.94. The predicted octanol–water partition coefficient (Wildman–Crippen LogP) is 3.18. The SMILES string of the molecule is Cc1ccc(N2CCN(C(=O)c3ccc(C4CCNC4=O)cc3C)CC2)c(C)c1. The summed E-state index contributed by atoms with van der Waals surface area (Å²) in [5.74, 6) is 0.0929. The number of hydrogen-bond donors (Lipinski definition) is 1. The van der Waals surface area contributed by atoms with E-state index in [0.29, 0.717) is 0 Å². The Morgan fingerprint density at radius 1 is 0.966 bits per heavy atom. The van der Waals surface area contributed by atoms with Gasteiger partial charge < -0.3 is 15.1 Å². The number of carbonyl (C=O) groups excluding carboxylic acids is 2. The third-order valence-corrected chi connectivity index (χ3v) is 6.19. The van der Waals surface area contributed by atoms with Crippen molar-refractivity contribution in [2.45, 2.75) is 33.1 Å². The zero-order valence-corrected chi connectivity index (χ0v) is 17.5. The zero-order chi connectivity index (χ0) is 20.5. The van der Waals surface area contributed by atoms with Gasteiger partial charge in [0.15, 0.2) is 0 Å². The highest BCUT2D eigenvalue weighted by molar-refractivity contribution is 5.96. The van der Waals surface area contributed by atoms with E-state index in [9.17, 15) is 9.59 Å². The van der Waals surface area contributed by atoms with Crippen molar-refractivity contribution in [1.82, 2.24) is 10.2 Å². The second-order valence-electron chi connectivity index (χ2n) is 8.28. The molecule has 1 atom stereocenters. The molecule has 4 rings (SSSR count). The first-order valence-electron chi connectivity index (χ1n) is 10.4. The average molecular weight is 392 g/mol. The van der Waals surface area contributed by atoms with Crippen molar-refractivity contribution < 1.29 is 9.59 Å². The molecule has 152 valence electrons. The van der Waals surface area contributed by atoms with Gasteiger partial charge in [-0.15, -0.1) is 0 Å². The van der Waals surface area contributed by atoms with E-state index in [1.807, 2.05) is 30.0 Å². The molecule has 0 bridgehead atoms. The smallest absolute Gasteiger partial charge is 0.254 e. The van der Waals surface area contributed by atoms with E-state index >= 15 is 0 Å². The van der Waals surface area contributed by atoms with Gasteiger partial charge in [0.25, 0.3) is 5.91 Å². The number of aryl methyl sites for hydroxylation is 3. The summed E-state index contributed by atoms with van der Waals surface area (Å²) in [4.78, 5) is 29.4. The van der Waals surface area contributed by atoms with E-state index in [2.05, 4.69) is 42.3 Å². The summed E-state index contributed by atoms with van der Waals surface area (Å²) >= 11 is 0. The van der Waals surface area contributed by atoms with E-state index < -0.39 is 0 Å². The fourth-order valence-electron chi connectivity index (χ4n) is 4.54. The lowest BCUT2D eigenvalue weighted by Gasteiger charge is -2.37. The molecule has 1 unspecified atom stereocenters. The Balaban J connectivity index is 1.43. The van der Waals surface area contributed by atoms with Crippen LogP contribution in [0.5, 0.6) is 0 Å². The van der Waals surface area contributed by atoms with Crippen LogP contribution >= 0.6 is 0 Å². The number of nitrogens with zero attached hydrogens (tertiary/aromatic N) is 2. The summed E-state index contributed by atoms with van der Waals surface area (Å²) in [6.45, 7) is 10.1. The third-order valence-electron chi connectivity index (χ3n) is 6.19. The van der Waals surface area contributed by atoms with Crippen molar-refractivity contribution in [3.8, 4) is 0 Å². The number of hydrogen-bond acceptors (Lipinski definition) is 3. The minimum absolute atomic E-state index is 0.0841. The first-order valence-corrected chi connectivity index (χ1v) is 10.4. The Kier molecular flexibility index (Phi) is 5.31. The fraction of sp³-hybridized carbons (Fsp3) is 0.417. The standard InChI is InChI=1S/C24H29N3O2/c1-16-4-7-22(18(3)14-16)26-10-12-27(13-11-26)24(29)20-6-5-19(15-17(20)2)21-8-9-25-23(21)28/h4-7,14-15,21H,8-13H2,1-3H3,(H,25,28). The van der Waals surface area contributed by atoms with Crippen LogP contribution in [0.1, 0.15) is 45.0 Å². The van der Waals surface area contributed by atoms with E-state index in [1.54, 1.807) is 0 Å².